The molecule has 1 amide bonds. The van der Waals surface area contributed by atoms with Crippen molar-refractivity contribution in [3.63, 3.8) is 0 Å². The third kappa shape index (κ3) is 5.57. The molecule has 3 rings (SSSR count). The van der Waals surface area contributed by atoms with E-state index in [1.165, 1.54) is 16.7 Å². The zero-order valence-corrected chi connectivity index (χ0v) is 20.5. The molecule has 0 spiro atoms. The van der Waals surface area contributed by atoms with Gasteiger partial charge in [-0.15, -0.1) is 10.2 Å². The van der Waals surface area contributed by atoms with E-state index in [0.29, 0.717) is 30.6 Å². The van der Waals surface area contributed by atoms with Crippen LogP contribution in [0.1, 0.15) is 68.5 Å². The number of rotatable bonds is 9. The number of ketones is 1. The molecule has 0 saturated carbocycles. The number of aryl methyl sites for hydroxylation is 1. The van der Waals surface area contributed by atoms with Crippen molar-refractivity contribution in [2.24, 2.45) is 0 Å². The predicted molar refractivity (Wildman–Crippen MR) is 125 cm³/mol. The summed E-state index contributed by atoms with van der Waals surface area (Å²) >= 11 is 0. The smallest absolute Gasteiger partial charge is 0.252 e. The number of nitrogens with zero attached hydrogens (tertiary/aromatic N) is 4. The van der Waals surface area contributed by atoms with Gasteiger partial charge in [0.2, 0.25) is 17.6 Å². The lowest BCUT2D eigenvalue weighted by Crippen LogP contribution is -2.55. The number of halogens is 3. The van der Waals surface area contributed by atoms with Crippen LogP contribution in [0.5, 0.6) is 0 Å². The Kier molecular flexibility index (Phi) is 8.02. The number of allylic oxidation sites excluding steroid dienone is 1. The Balaban J connectivity index is 1.95. The van der Waals surface area contributed by atoms with E-state index in [-0.39, 0.29) is 29.6 Å². The van der Waals surface area contributed by atoms with E-state index in [2.05, 4.69) is 16.8 Å². The molecule has 2 aromatic rings. The number of Topliss-reactive ketones (excluding diaryl/α,β-unsaturated/α-hetero) is 1. The first-order chi connectivity index (χ1) is 16.5. The molecular weight excluding hydrogens is 461 g/mol. The second-order valence-electron chi connectivity index (χ2n) is 8.59. The number of benzene rings is 1. The minimum atomic E-state index is -3.01. The predicted octanol–water partition coefficient (Wildman–Crippen LogP) is 4.99. The maximum Gasteiger partial charge on any atom is 0.252 e. The monoisotopic (exact) mass is 492 g/mol. The minimum Gasteiger partial charge on any atom is -0.418 e. The fourth-order valence-corrected chi connectivity index (χ4v) is 4.25. The van der Waals surface area contributed by atoms with E-state index in [0.717, 1.165) is 0 Å². The zero-order valence-electron chi connectivity index (χ0n) is 20.5. The Morgan fingerprint density at radius 3 is 2.51 bits per heavy atom. The summed E-state index contributed by atoms with van der Waals surface area (Å²) in [4.78, 5) is 29.5. The molecular formula is C25H31F3N4O3. The molecule has 2 atom stereocenters. The highest BCUT2D eigenvalue weighted by molar-refractivity contribution is 6.09. The molecule has 0 bridgehead atoms. The van der Waals surface area contributed by atoms with Crippen LogP contribution < -0.4 is 0 Å². The van der Waals surface area contributed by atoms with E-state index in [9.17, 15) is 22.8 Å². The van der Waals surface area contributed by atoms with Gasteiger partial charge in [0.1, 0.15) is 6.04 Å². The number of hydrogen-bond donors (Lipinski definition) is 0. The first-order valence-electron chi connectivity index (χ1n) is 11.8. The fourth-order valence-electron chi connectivity index (χ4n) is 4.25. The zero-order chi connectivity index (χ0) is 25.9. The van der Waals surface area contributed by atoms with Crippen molar-refractivity contribution in [3.05, 3.63) is 47.5 Å². The van der Waals surface area contributed by atoms with E-state index >= 15 is 0 Å². The van der Waals surface area contributed by atoms with E-state index in [1.807, 2.05) is 6.92 Å². The lowest BCUT2D eigenvalue weighted by atomic mass is 9.93. The van der Waals surface area contributed by atoms with Crippen LogP contribution in [0, 0.1) is 0 Å². The number of amides is 1. The summed E-state index contributed by atoms with van der Waals surface area (Å²) in [6.07, 6.45) is -2.08. The molecule has 1 aromatic carbocycles. The molecule has 1 aromatic heterocycles. The maximum atomic E-state index is 14.3. The van der Waals surface area contributed by atoms with Gasteiger partial charge in [-0.1, -0.05) is 19.6 Å². The van der Waals surface area contributed by atoms with Gasteiger partial charge in [-0.05, 0) is 44.9 Å². The Labute approximate surface area is 203 Å². The highest BCUT2D eigenvalue weighted by atomic mass is 19.3. The highest BCUT2D eigenvalue weighted by Gasteiger charge is 2.45. The minimum absolute atomic E-state index is 0.0264. The summed E-state index contributed by atoms with van der Waals surface area (Å²) < 4.78 is 47.5. The van der Waals surface area contributed by atoms with E-state index < -0.39 is 42.7 Å². The number of likely N-dealkylation sites (tertiary alicyclic amines) is 1. The van der Waals surface area contributed by atoms with Gasteiger partial charge in [-0.25, -0.2) is 13.2 Å². The van der Waals surface area contributed by atoms with Crippen molar-refractivity contribution in [1.29, 1.82) is 0 Å². The molecule has 10 heteroatoms. The molecule has 1 saturated heterocycles. The summed E-state index contributed by atoms with van der Waals surface area (Å²) in [7, 11) is 0. The second-order valence-corrected chi connectivity index (χ2v) is 8.59. The topological polar surface area (TPSA) is 79.5 Å². The molecule has 0 aliphatic carbocycles. The first-order valence-corrected chi connectivity index (χ1v) is 11.8. The van der Waals surface area contributed by atoms with Gasteiger partial charge < -0.3 is 14.2 Å². The molecule has 1 fully saturated rings. The molecule has 2 heterocycles. The molecule has 0 N–H and O–H groups in total. The Bertz CT molecular complexity index is 1100. The summed E-state index contributed by atoms with van der Waals surface area (Å²) in [6.45, 7) is 11.2. The quantitative estimate of drug-likeness (QED) is 0.362. The number of likely N-dealkylation sites (N-methyl/N-ethyl adjacent to an activating group) is 1. The third-order valence-electron chi connectivity index (χ3n) is 6.32. The number of carbonyl (C=O) groups is 2. The van der Waals surface area contributed by atoms with Crippen LogP contribution in [0.2, 0.25) is 0 Å². The normalized spacial score (nSPS) is 18.3. The van der Waals surface area contributed by atoms with Crippen molar-refractivity contribution >= 4 is 11.7 Å². The van der Waals surface area contributed by atoms with Crippen molar-refractivity contribution in [2.75, 3.05) is 19.6 Å². The molecule has 190 valence electrons. The lowest BCUT2D eigenvalue weighted by molar-refractivity contribution is -0.145. The Morgan fingerprint density at radius 1 is 1.26 bits per heavy atom. The van der Waals surface area contributed by atoms with Crippen LogP contribution in [0.25, 0.3) is 11.5 Å². The number of carbonyl (C=O) groups excluding carboxylic acids is 2. The fraction of sp³-hybridized carbons (Fsp3) is 0.520. The van der Waals surface area contributed by atoms with Gasteiger partial charge in [-0.3, -0.25) is 9.59 Å². The number of hydrogen-bond acceptors (Lipinski definition) is 6. The van der Waals surface area contributed by atoms with Gasteiger partial charge >= 0.3 is 0 Å². The highest BCUT2D eigenvalue weighted by Crippen LogP contribution is 2.35. The van der Waals surface area contributed by atoms with Crippen molar-refractivity contribution < 1.29 is 27.2 Å². The van der Waals surface area contributed by atoms with Crippen LogP contribution in [-0.4, -0.2) is 63.3 Å². The molecule has 7 nitrogen and oxygen atoms in total. The van der Waals surface area contributed by atoms with Crippen LogP contribution in [0.4, 0.5) is 13.2 Å². The van der Waals surface area contributed by atoms with Crippen molar-refractivity contribution in [1.82, 2.24) is 20.0 Å². The first kappa shape index (κ1) is 26.4. The number of alkyl halides is 3. The summed E-state index contributed by atoms with van der Waals surface area (Å²) in [5, 5.41) is 7.53. The molecule has 0 radical (unpaired) electrons. The van der Waals surface area contributed by atoms with Crippen LogP contribution >= 0.6 is 0 Å². The summed E-state index contributed by atoms with van der Waals surface area (Å²) in [5.74, 6) is -4.07. The summed E-state index contributed by atoms with van der Waals surface area (Å²) in [6, 6.07) is 3.77. The standard InChI is InChI=1S/C25H31F3N4O3/c1-6-17-9-10-18(23-30-29-22(35-23)15(4)26)13-19(17)21(33)16(5)32-12-11-25(27,28)14-20(32)24(34)31(7-2)8-3/h9-10,13,15,20H,5-8,11-12,14H2,1-4H3. The average Bonchev–Trinajstić information content (AvgIpc) is 3.33. The van der Waals surface area contributed by atoms with Gasteiger partial charge in [-0.2, -0.15) is 0 Å². The lowest BCUT2D eigenvalue weighted by Gasteiger charge is -2.42. The van der Waals surface area contributed by atoms with Gasteiger partial charge in [0, 0.05) is 43.6 Å². The molecule has 1 aliphatic heterocycles. The molecule has 2 unspecified atom stereocenters. The second kappa shape index (κ2) is 10.6. The maximum absolute atomic E-state index is 14.3. The van der Waals surface area contributed by atoms with Crippen molar-refractivity contribution in [3.8, 4) is 11.5 Å². The Morgan fingerprint density at radius 2 is 1.94 bits per heavy atom. The van der Waals surface area contributed by atoms with Crippen LogP contribution in [0.3, 0.4) is 0 Å². The van der Waals surface area contributed by atoms with Crippen LogP contribution in [0.15, 0.2) is 34.9 Å². The Hall–Kier alpha value is -3.17. The average molecular weight is 493 g/mol. The van der Waals surface area contributed by atoms with E-state index in [1.54, 1.807) is 32.0 Å². The van der Waals surface area contributed by atoms with E-state index in [4.69, 9.17) is 4.42 Å². The largest absolute Gasteiger partial charge is 0.418 e. The van der Waals surface area contributed by atoms with Gasteiger partial charge in [0.05, 0.1) is 5.70 Å². The van der Waals surface area contributed by atoms with Gasteiger partial charge in [0.25, 0.3) is 11.8 Å². The number of aromatic nitrogens is 2. The van der Waals surface area contributed by atoms with Crippen molar-refractivity contribution in [2.45, 2.75) is 65.1 Å². The molecule has 35 heavy (non-hydrogen) atoms. The molecule has 1 aliphatic rings. The van der Waals surface area contributed by atoms with Gasteiger partial charge in [0.15, 0.2) is 6.17 Å². The summed E-state index contributed by atoms with van der Waals surface area (Å²) in [5.41, 5.74) is 1.38. The SMILES string of the molecule is C=C(C(=O)c1cc(-c2nnc(C(C)F)o2)ccc1CC)N1CCC(F)(F)CC1C(=O)N(CC)CC. The third-order valence-corrected chi connectivity index (χ3v) is 6.32. The number of piperidine rings is 1. The van der Waals surface area contributed by atoms with Crippen LogP contribution in [-0.2, 0) is 11.2 Å².